The summed E-state index contributed by atoms with van der Waals surface area (Å²) in [4.78, 5) is 12.2. The predicted molar refractivity (Wildman–Crippen MR) is 174 cm³/mol. The summed E-state index contributed by atoms with van der Waals surface area (Å²) in [5.74, 6) is 7.40. The Morgan fingerprint density at radius 2 is 1.80 bits per heavy atom. The van der Waals surface area contributed by atoms with Gasteiger partial charge in [0.2, 0.25) is 0 Å². The first-order valence-corrected chi connectivity index (χ1v) is 17.4. The van der Waals surface area contributed by atoms with Crippen molar-refractivity contribution in [2.75, 3.05) is 0 Å². The molecule has 5 nitrogen and oxygen atoms in total. The maximum Gasteiger partial charge on any atom is 0.162 e. The van der Waals surface area contributed by atoms with Crippen molar-refractivity contribution in [3.8, 4) is 18.1 Å². The molecule has 9 rings (SSSR count). The van der Waals surface area contributed by atoms with Crippen molar-refractivity contribution < 1.29 is 19.5 Å². The highest BCUT2D eigenvalue weighted by atomic mass is 16.5. The van der Waals surface area contributed by atoms with Crippen LogP contribution in [0.2, 0.25) is 0 Å². The first-order valence-electron chi connectivity index (χ1n) is 17.4. The fourth-order valence-corrected chi connectivity index (χ4v) is 11.9. The van der Waals surface area contributed by atoms with Crippen LogP contribution in [0.5, 0.6) is 5.75 Å². The van der Waals surface area contributed by atoms with E-state index in [0.29, 0.717) is 41.1 Å². The van der Waals surface area contributed by atoms with Crippen LogP contribution in [-0.2, 0) is 17.6 Å². The fourth-order valence-electron chi connectivity index (χ4n) is 11.9. The van der Waals surface area contributed by atoms with Crippen LogP contribution in [0.15, 0.2) is 46.1 Å². The van der Waals surface area contributed by atoms with Gasteiger partial charge in [0.15, 0.2) is 5.76 Å². The van der Waals surface area contributed by atoms with Crippen LogP contribution in [0.1, 0.15) is 113 Å². The molecule has 2 aromatic rings. The van der Waals surface area contributed by atoms with E-state index in [4.69, 9.17) is 10.9 Å². The molecule has 0 aliphatic heterocycles. The molecule has 2 N–H and O–H groups in total. The Bertz CT molecular complexity index is 1670. The number of Topliss-reactive ketones (excluding diaryl/α,β-unsaturated/α-hetero) is 1. The number of carbonyl (C=O) groups excluding carboxylic acids is 1. The van der Waals surface area contributed by atoms with Crippen LogP contribution >= 0.6 is 0 Å². The third-order valence-corrected chi connectivity index (χ3v) is 14.5. The van der Waals surface area contributed by atoms with Gasteiger partial charge in [0, 0.05) is 28.7 Å². The first kappa shape index (κ1) is 29.3. The summed E-state index contributed by atoms with van der Waals surface area (Å²) in [6.07, 6.45) is 24.5. The normalized spacial score (nSPS) is 42.1. The number of fused-ring (bicyclic) bond motifs is 11. The number of terminal acetylenes is 1. The summed E-state index contributed by atoms with van der Waals surface area (Å²) >= 11 is 0. The number of rotatable bonds is 0. The van der Waals surface area contributed by atoms with Gasteiger partial charge in [-0.2, -0.15) is 0 Å². The highest BCUT2D eigenvalue weighted by molar-refractivity contribution is 5.88. The number of phenols is 1. The highest BCUT2D eigenvalue weighted by Gasteiger charge is 2.63. The lowest BCUT2D eigenvalue weighted by Crippen LogP contribution is -2.54. The Kier molecular flexibility index (Phi) is 6.48. The number of aliphatic hydroxyl groups is 1. The second-order valence-corrected chi connectivity index (χ2v) is 16.2. The molecule has 0 saturated heterocycles. The zero-order valence-electron chi connectivity index (χ0n) is 27.1. The van der Waals surface area contributed by atoms with Gasteiger partial charge in [0.05, 0.1) is 6.20 Å². The van der Waals surface area contributed by atoms with Gasteiger partial charge in [-0.15, -0.1) is 6.42 Å². The van der Waals surface area contributed by atoms with Gasteiger partial charge in [0.25, 0.3) is 0 Å². The fraction of sp³-hybridized carbons (Fsp3) is 0.600. The number of allylic oxidation sites excluding steroid dienone is 3. The molecule has 9 unspecified atom stereocenters. The Balaban J connectivity index is 0.000000137. The van der Waals surface area contributed by atoms with Crippen LogP contribution in [-0.4, -0.2) is 26.8 Å². The van der Waals surface area contributed by atoms with Crippen LogP contribution in [0.4, 0.5) is 0 Å². The second kappa shape index (κ2) is 9.95. The van der Waals surface area contributed by atoms with Crippen LogP contribution in [0.3, 0.4) is 0 Å². The van der Waals surface area contributed by atoms with Gasteiger partial charge in [-0.05, 0) is 129 Å². The van der Waals surface area contributed by atoms with E-state index in [-0.39, 0.29) is 16.2 Å². The lowest BCUT2D eigenvalue weighted by Gasteiger charge is -2.58. The molecule has 1 heterocycles. The number of aromatic nitrogens is 1. The van der Waals surface area contributed by atoms with E-state index in [1.807, 2.05) is 12.3 Å². The van der Waals surface area contributed by atoms with Crippen LogP contribution in [0, 0.1) is 52.3 Å². The van der Waals surface area contributed by atoms with Crippen molar-refractivity contribution in [3.05, 3.63) is 64.1 Å². The minimum absolute atomic E-state index is 0.100. The Morgan fingerprint density at radius 1 is 0.978 bits per heavy atom. The van der Waals surface area contributed by atoms with Gasteiger partial charge in [0.1, 0.15) is 17.1 Å². The van der Waals surface area contributed by atoms with E-state index in [1.165, 1.54) is 28.7 Å². The molecule has 5 heteroatoms. The summed E-state index contributed by atoms with van der Waals surface area (Å²) in [5, 5.41) is 24.7. The molecule has 45 heavy (non-hydrogen) atoms. The monoisotopic (exact) mass is 605 g/mol. The maximum atomic E-state index is 12.2. The van der Waals surface area contributed by atoms with Crippen molar-refractivity contribution in [1.82, 2.24) is 5.16 Å². The summed E-state index contributed by atoms with van der Waals surface area (Å²) in [7, 11) is 0. The standard InChI is InChI=1S/C22H27NO2.C18H20O2/c1-4-22(24)10-8-18-16-6-5-15-11-19-14(13-23-25-19)12-20(15,2)17(16)7-9-21(18,22)3;1-18-9-8-14-13-5-3-12(19)10-11(13)2-4-15(14)16(18)6-7-17(18)20/h1,11,13,16-18,24H,5-10,12H2,2-3H3;3-5,10,14,16,19H,2,6-9H2,1H3. The predicted octanol–water partition coefficient (Wildman–Crippen LogP) is 7.96. The van der Waals surface area contributed by atoms with Crippen LogP contribution in [0.25, 0.3) is 6.08 Å². The minimum Gasteiger partial charge on any atom is -0.508 e. The molecular formula is C40H47NO4. The molecule has 0 spiro atoms. The number of phenolic OH excluding ortho intramolecular Hbond substituents is 1. The van der Waals surface area contributed by atoms with E-state index in [2.05, 4.69) is 50.1 Å². The quantitative estimate of drug-likeness (QED) is 0.235. The highest BCUT2D eigenvalue weighted by Crippen LogP contribution is 2.67. The van der Waals surface area contributed by atoms with Gasteiger partial charge >= 0.3 is 0 Å². The Morgan fingerprint density at radius 3 is 2.62 bits per heavy atom. The van der Waals surface area contributed by atoms with E-state index in [0.717, 1.165) is 76.4 Å². The van der Waals surface area contributed by atoms with E-state index in [1.54, 1.807) is 11.6 Å². The van der Waals surface area contributed by atoms with Gasteiger partial charge < -0.3 is 14.7 Å². The van der Waals surface area contributed by atoms with Crippen LogP contribution < -0.4 is 0 Å². The Labute approximate surface area is 267 Å². The van der Waals surface area contributed by atoms with Crippen molar-refractivity contribution >= 4 is 11.9 Å². The van der Waals surface area contributed by atoms with Crippen molar-refractivity contribution in [2.45, 2.75) is 109 Å². The molecule has 9 atom stereocenters. The van der Waals surface area contributed by atoms with Crippen molar-refractivity contribution in [2.24, 2.45) is 39.9 Å². The number of hydrogen-bond acceptors (Lipinski definition) is 5. The van der Waals surface area contributed by atoms with E-state index < -0.39 is 5.60 Å². The topological polar surface area (TPSA) is 83.6 Å². The van der Waals surface area contributed by atoms with Crippen molar-refractivity contribution in [1.29, 1.82) is 0 Å². The third kappa shape index (κ3) is 4.03. The summed E-state index contributed by atoms with van der Waals surface area (Å²) in [6, 6.07) is 5.79. The van der Waals surface area contributed by atoms with E-state index >= 15 is 0 Å². The van der Waals surface area contributed by atoms with Gasteiger partial charge in [-0.25, -0.2) is 0 Å². The molecule has 7 aliphatic carbocycles. The van der Waals surface area contributed by atoms with Gasteiger partial charge in [-0.1, -0.05) is 55.1 Å². The molecule has 5 fully saturated rings. The van der Waals surface area contributed by atoms with E-state index in [9.17, 15) is 15.0 Å². The largest absolute Gasteiger partial charge is 0.508 e. The van der Waals surface area contributed by atoms with Crippen molar-refractivity contribution in [3.63, 3.8) is 0 Å². The third-order valence-electron chi connectivity index (χ3n) is 14.5. The number of ketones is 1. The molecule has 5 saturated carbocycles. The lowest BCUT2D eigenvalue weighted by molar-refractivity contribution is -0.126. The second-order valence-electron chi connectivity index (χ2n) is 16.2. The lowest BCUT2D eigenvalue weighted by atomic mass is 9.46. The SMILES string of the molecule is C#CC1(O)CCC2C3CCC4=Cc5oncc5CC4(C)C3CCC21C.CC12CCC3C(=CCc4cc(O)ccc43)C1CCC2=O. The zero-order valence-corrected chi connectivity index (χ0v) is 27.1. The summed E-state index contributed by atoms with van der Waals surface area (Å²) in [6.45, 7) is 6.89. The number of hydrogen-bond donors (Lipinski definition) is 2. The molecule has 7 aliphatic rings. The van der Waals surface area contributed by atoms with Gasteiger partial charge in [-0.3, -0.25) is 4.79 Å². The summed E-state index contributed by atoms with van der Waals surface area (Å²) in [5.41, 5.74) is 6.02. The summed E-state index contributed by atoms with van der Waals surface area (Å²) < 4.78 is 5.43. The zero-order chi connectivity index (χ0) is 31.4. The Hall–Kier alpha value is -3.10. The molecule has 0 bridgehead atoms. The molecule has 0 amide bonds. The minimum atomic E-state index is -0.909. The number of benzene rings is 1. The molecular weight excluding hydrogens is 558 g/mol. The average molecular weight is 606 g/mol. The number of nitrogens with zero attached hydrogens (tertiary/aromatic N) is 1. The number of carbonyl (C=O) groups is 1. The molecule has 236 valence electrons. The average Bonchev–Trinajstić information content (AvgIpc) is 3.69. The number of aromatic hydroxyl groups is 1. The smallest absolute Gasteiger partial charge is 0.162 e. The maximum absolute atomic E-state index is 12.2. The first-order chi connectivity index (χ1) is 21.5. The molecule has 1 aromatic carbocycles. The molecule has 0 radical (unpaired) electrons. The molecule has 1 aromatic heterocycles.